The minimum atomic E-state index is -0.375. The first-order valence-corrected chi connectivity index (χ1v) is 5.83. The first-order valence-electron chi connectivity index (χ1n) is 5.83. The van der Waals surface area contributed by atoms with E-state index in [4.69, 9.17) is 5.73 Å². The van der Waals surface area contributed by atoms with E-state index in [9.17, 15) is 10.1 Å². The summed E-state index contributed by atoms with van der Waals surface area (Å²) in [6.07, 6.45) is 1.09. The third kappa shape index (κ3) is 2.39. The average molecular weight is 235 g/mol. The number of nitrogens with two attached hydrogens (primary N) is 1. The maximum Gasteiger partial charge on any atom is 0.269 e. The van der Waals surface area contributed by atoms with Crippen LogP contribution in [-0.2, 0) is 0 Å². The zero-order chi connectivity index (χ0) is 12.4. The van der Waals surface area contributed by atoms with E-state index in [0.29, 0.717) is 18.5 Å². The van der Waals surface area contributed by atoms with Gasteiger partial charge >= 0.3 is 0 Å². The van der Waals surface area contributed by atoms with Gasteiger partial charge in [0.2, 0.25) is 0 Å². The molecule has 0 spiro atoms. The standard InChI is InChI=1S/C12H17N3O2/c1-9-6-10(7-13)8-14(9)11-2-4-12(5-3-11)15(16)17/h2-5,9-10H,6-8,13H2,1H3. The number of nitro benzene ring substituents is 1. The summed E-state index contributed by atoms with van der Waals surface area (Å²) >= 11 is 0. The minimum absolute atomic E-state index is 0.135. The van der Waals surface area contributed by atoms with Crippen LogP contribution in [0.4, 0.5) is 11.4 Å². The van der Waals surface area contributed by atoms with E-state index in [0.717, 1.165) is 18.7 Å². The van der Waals surface area contributed by atoms with E-state index in [1.807, 2.05) is 12.1 Å². The van der Waals surface area contributed by atoms with Crippen LogP contribution in [-0.4, -0.2) is 24.1 Å². The van der Waals surface area contributed by atoms with Gasteiger partial charge in [-0.3, -0.25) is 10.1 Å². The summed E-state index contributed by atoms with van der Waals surface area (Å²) in [5.74, 6) is 0.528. The Morgan fingerprint density at radius 3 is 2.59 bits per heavy atom. The number of non-ortho nitro benzene ring substituents is 1. The summed E-state index contributed by atoms with van der Waals surface area (Å²) in [5, 5.41) is 10.6. The van der Waals surface area contributed by atoms with Crippen LogP contribution in [0.5, 0.6) is 0 Å². The maximum atomic E-state index is 10.6. The summed E-state index contributed by atoms with van der Waals surface area (Å²) in [6, 6.07) is 7.18. The van der Waals surface area contributed by atoms with Crippen LogP contribution in [0.25, 0.3) is 0 Å². The van der Waals surface area contributed by atoms with Crippen molar-refractivity contribution in [2.24, 2.45) is 11.7 Å². The van der Waals surface area contributed by atoms with Crippen LogP contribution in [0.1, 0.15) is 13.3 Å². The molecule has 5 nitrogen and oxygen atoms in total. The van der Waals surface area contributed by atoms with Crippen LogP contribution < -0.4 is 10.6 Å². The second kappa shape index (κ2) is 4.71. The molecule has 5 heteroatoms. The van der Waals surface area contributed by atoms with E-state index in [-0.39, 0.29) is 10.6 Å². The predicted octanol–water partition coefficient (Wildman–Crippen LogP) is 1.77. The molecule has 0 bridgehead atoms. The van der Waals surface area contributed by atoms with Crippen molar-refractivity contribution in [3.8, 4) is 0 Å². The van der Waals surface area contributed by atoms with Gasteiger partial charge in [0.15, 0.2) is 0 Å². The molecule has 2 N–H and O–H groups in total. The molecule has 0 radical (unpaired) electrons. The van der Waals surface area contributed by atoms with Crippen molar-refractivity contribution in [1.82, 2.24) is 0 Å². The molecule has 1 aromatic rings. The van der Waals surface area contributed by atoms with Crippen molar-refractivity contribution in [2.75, 3.05) is 18.0 Å². The van der Waals surface area contributed by atoms with Gasteiger partial charge in [-0.1, -0.05) is 0 Å². The Bertz CT molecular complexity index is 405. The van der Waals surface area contributed by atoms with Crippen LogP contribution in [0, 0.1) is 16.0 Å². The highest BCUT2D eigenvalue weighted by molar-refractivity contribution is 5.52. The molecule has 1 heterocycles. The smallest absolute Gasteiger partial charge is 0.269 e. The van der Waals surface area contributed by atoms with Crippen molar-refractivity contribution in [2.45, 2.75) is 19.4 Å². The molecule has 1 fully saturated rings. The molecule has 1 aliphatic rings. The molecule has 17 heavy (non-hydrogen) atoms. The van der Waals surface area contributed by atoms with E-state index in [1.165, 1.54) is 0 Å². The maximum absolute atomic E-state index is 10.6. The third-order valence-electron chi connectivity index (χ3n) is 3.39. The second-order valence-electron chi connectivity index (χ2n) is 4.61. The Kier molecular flexibility index (Phi) is 3.28. The third-order valence-corrected chi connectivity index (χ3v) is 3.39. The average Bonchev–Trinajstić information content (AvgIpc) is 2.71. The lowest BCUT2D eigenvalue weighted by Gasteiger charge is -2.23. The van der Waals surface area contributed by atoms with Crippen LogP contribution in [0.3, 0.4) is 0 Å². The van der Waals surface area contributed by atoms with Gasteiger partial charge < -0.3 is 10.6 Å². The lowest BCUT2D eigenvalue weighted by atomic mass is 10.1. The molecule has 1 aliphatic heterocycles. The van der Waals surface area contributed by atoms with Crippen LogP contribution >= 0.6 is 0 Å². The predicted molar refractivity (Wildman–Crippen MR) is 67.1 cm³/mol. The van der Waals surface area contributed by atoms with Gasteiger partial charge in [0.05, 0.1) is 4.92 Å². The lowest BCUT2D eigenvalue weighted by molar-refractivity contribution is -0.384. The molecule has 2 atom stereocenters. The number of hydrogen-bond donors (Lipinski definition) is 1. The first-order chi connectivity index (χ1) is 8.11. The summed E-state index contributed by atoms with van der Waals surface area (Å²) in [6.45, 7) is 3.81. The molecule has 92 valence electrons. The minimum Gasteiger partial charge on any atom is -0.368 e. The van der Waals surface area contributed by atoms with Crippen molar-refractivity contribution in [1.29, 1.82) is 0 Å². The number of anilines is 1. The second-order valence-corrected chi connectivity index (χ2v) is 4.61. The highest BCUT2D eigenvalue weighted by atomic mass is 16.6. The number of nitrogens with zero attached hydrogens (tertiary/aromatic N) is 2. The van der Waals surface area contributed by atoms with Gasteiger partial charge in [-0.05, 0) is 37.9 Å². The summed E-state index contributed by atoms with van der Waals surface area (Å²) < 4.78 is 0. The van der Waals surface area contributed by atoms with E-state index >= 15 is 0 Å². The Morgan fingerprint density at radius 2 is 2.12 bits per heavy atom. The fourth-order valence-electron chi connectivity index (χ4n) is 2.44. The van der Waals surface area contributed by atoms with Gasteiger partial charge in [-0.15, -0.1) is 0 Å². The zero-order valence-electron chi connectivity index (χ0n) is 9.87. The number of hydrogen-bond acceptors (Lipinski definition) is 4. The van der Waals surface area contributed by atoms with Gasteiger partial charge in [-0.2, -0.15) is 0 Å². The molecule has 0 saturated carbocycles. The monoisotopic (exact) mass is 235 g/mol. The Balaban J connectivity index is 2.15. The van der Waals surface area contributed by atoms with Crippen molar-refractivity contribution >= 4 is 11.4 Å². The fourth-order valence-corrected chi connectivity index (χ4v) is 2.44. The Labute approximate surface area is 100 Å². The lowest BCUT2D eigenvalue weighted by Crippen LogP contribution is -2.27. The highest BCUT2D eigenvalue weighted by Crippen LogP contribution is 2.29. The van der Waals surface area contributed by atoms with E-state index in [1.54, 1.807) is 12.1 Å². The quantitative estimate of drug-likeness (QED) is 0.640. The topological polar surface area (TPSA) is 72.4 Å². The molecule has 2 unspecified atom stereocenters. The summed E-state index contributed by atoms with van der Waals surface area (Å²) in [5.41, 5.74) is 6.86. The van der Waals surface area contributed by atoms with Crippen molar-refractivity contribution in [3.63, 3.8) is 0 Å². The molecular formula is C12H17N3O2. The SMILES string of the molecule is CC1CC(CN)CN1c1ccc([N+](=O)[O-])cc1. The van der Waals surface area contributed by atoms with Crippen molar-refractivity contribution in [3.05, 3.63) is 34.4 Å². The molecule has 0 aromatic heterocycles. The fraction of sp³-hybridized carbons (Fsp3) is 0.500. The molecule has 1 aromatic carbocycles. The normalized spacial score (nSPS) is 24.0. The van der Waals surface area contributed by atoms with Crippen molar-refractivity contribution < 1.29 is 4.92 Å². The first kappa shape index (κ1) is 11.9. The number of nitro groups is 1. The van der Waals surface area contributed by atoms with Gasteiger partial charge in [0.1, 0.15) is 0 Å². The molecule has 1 saturated heterocycles. The Hall–Kier alpha value is -1.62. The summed E-state index contributed by atoms with van der Waals surface area (Å²) in [4.78, 5) is 12.5. The van der Waals surface area contributed by atoms with Gasteiger partial charge in [0, 0.05) is 30.4 Å². The molecular weight excluding hydrogens is 218 g/mol. The molecule has 0 aliphatic carbocycles. The zero-order valence-corrected chi connectivity index (χ0v) is 9.87. The van der Waals surface area contributed by atoms with Crippen LogP contribution in [0.15, 0.2) is 24.3 Å². The largest absolute Gasteiger partial charge is 0.368 e. The van der Waals surface area contributed by atoms with Gasteiger partial charge in [0.25, 0.3) is 5.69 Å². The van der Waals surface area contributed by atoms with Gasteiger partial charge in [-0.25, -0.2) is 0 Å². The van der Waals surface area contributed by atoms with E-state index < -0.39 is 0 Å². The number of rotatable bonds is 3. The molecule has 0 amide bonds. The van der Waals surface area contributed by atoms with Crippen LogP contribution in [0.2, 0.25) is 0 Å². The van der Waals surface area contributed by atoms with E-state index in [2.05, 4.69) is 11.8 Å². The molecule has 2 rings (SSSR count). The highest BCUT2D eigenvalue weighted by Gasteiger charge is 2.28. The Morgan fingerprint density at radius 1 is 1.47 bits per heavy atom. The number of benzene rings is 1. The summed E-state index contributed by atoms with van der Waals surface area (Å²) in [7, 11) is 0.